The highest BCUT2D eigenvalue weighted by atomic mass is 16.5. The summed E-state index contributed by atoms with van der Waals surface area (Å²) in [6, 6.07) is 5.35. The van der Waals surface area contributed by atoms with E-state index in [1.54, 1.807) is 32.4 Å². The molecule has 0 radical (unpaired) electrons. The molecule has 2 unspecified atom stereocenters. The monoisotopic (exact) mass is 506 g/mol. The normalized spacial score (nSPS) is 13.0. The van der Waals surface area contributed by atoms with Crippen LogP contribution in [0.2, 0.25) is 0 Å². The maximum Gasteiger partial charge on any atom is 0.331 e. The van der Waals surface area contributed by atoms with Crippen LogP contribution in [0.4, 0.5) is 0 Å². The Kier molecular flexibility index (Phi) is 18.7. The largest absolute Gasteiger partial charge is 0.497 e. The van der Waals surface area contributed by atoms with Gasteiger partial charge in [-0.1, -0.05) is 84.0 Å². The highest BCUT2D eigenvalue weighted by Gasteiger charge is 2.17. The van der Waals surface area contributed by atoms with E-state index in [2.05, 4.69) is 6.92 Å². The third-order valence-electron chi connectivity index (χ3n) is 6.50. The Morgan fingerprint density at radius 2 is 1.47 bits per heavy atom. The van der Waals surface area contributed by atoms with Gasteiger partial charge in [0.25, 0.3) is 0 Å². The third kappa shape index (κ3) is 15.1. The topological polar surface area (TPSA) is 85.2 Å². The van der Waals surface area contributed by atoms with Crippen LogP contribution < -0.4 is 9.47 Å². The standard InChI is InChI=1S/C30H50O6/c1-4-5-6-7-8-9-10-11-12-13-14-15-16-17-28(22-26(32)24-31)36-30(33)21-19-25-18-20-27(34-2)23-29(25)35-3/h18-21,23,26,28,31-32H,4-17,22,24H2,1-3H3. The van der Waals surface area contributed by atoms with Crippen LogP contribution in [0.3, 0.4) is 0 Å². The molecule has 36 heavy (non-hydrogen) atoms. The van der Waals surface area contributed by atoms with Crippen molar-refractivity contribution in [3.63, 3.8) is 0 Å². The van der Waals surface area contributed by atoms with E-state index < -0.39 is 18.2 Å². The van der Waals surface area contributed by atoms with Crippen LogP contribution in [0, 0.1) is 0 Å². The number of hydrogen-bond donors (Lipinski definition) is 2. The number of methoxy groups -OCH3 is 2. The fourth-order valence-electron chi connectivity index (χ4n) is 4.31. The van der Waals surface area contributed by atoms with E-state index in [1.165, 1.54) is 76.7 Å². The van der Waals surface area contributed by atoms with Crippen molar-refractivity contribution < 1.29 is 29.2 Å². The average molecular weight is 507 g/mol. The first-order chi connectivity index (χ1) is 17.5. The molecule has 0 aliphatic carbocycles. The van der Waals surface area contributed by atoms with E-state index in [-0.39, 0.29) is 13.0 Å². The highest BCUT2D eigenvalue weighted by molar-refractivity contribution is 5.87. The first-order valence-corrected chi connectivity index (χ1v) is 13.9. The zero-order chi connectivity index (χ0) is 26.4. The van der Waals surface area contributed by atoms with Gasteiger partial charge < -0.3 is 24.4 Å². The fraction of sp³-hybridized carbons (Fsp3) is 0.700. The number of ether oxygens (including phenoxy) is 3. The summed E-state index contributed by atoms with van der Waals surface area (Å²) in [7, 11) is 3.15. The summed E-state index contributed by atoms with van der Waals surface area (Å²) in [5, 5.41) is 19.1. The third-order valence-corrected chi connectivity index (χ3v) is 6.50. The van der Waals surface area contributed by atoms with Crippen molar-refractivity contribution in [2.45, 2.75) is 115 Å². The van der Waals surface area contributed by atoms with E-state index in [0.29, 0.717) is 17.9 Å². The number of aliphatic hydroxyl groups is 2. The lowest BCUT2D eigenvalue weighted by molar-refractivity contribution is -0.145. The van der Waals surface area contributed by atoms with Gasteiger partial charge in [0.15, 0.2) is 0 Å². The fourth-order valence-corrected chi connectivity index (χ4v) is 4.31. The van der Waals surface area contributed by atoms with Crippen molar-refractivity contribution in [3.05, 3.63) is 29.8 Å². The second-order valence-corrected chi connectivity index (χ2v) is 9.60. The van der Waals surface area contributed by atoms with E-state index in [9.17, 15) is 15.0 Å². The Morgan fingerprint density at radius 1 is 0.889 bits per heavy atom. The number of unbranched alkanes of at least 4 members (excludes halogenated alkanes) is 12. The molecule has 1 aromatic carbocycles. The predicted molar refractivity (Wildman–Crippen MR) is 146 cm³/mol. The van der Waals surface area contributed by atoms with E-state index in [0.717, 1.165) is 18.4 Å². The van der Waals surface area contributed by atoms with Gasteiger partial charge in [0.05, 0.1) is 26.9 Å². The lowest BCUT2D eigenvalue weighted by Gasteiger charge is -2.19. The van der Waals surface area contributed by atoms with Gasteiger partial charge in [-0.15, -0.1) is 0 Å². The van der Waals surface area contributed by atoms with Gasteiger partial charge in [-0.05, 0) is 31.1 Å². The second-order valence-electron chi connectivity index (χ2n) is 9.60. The number of hydrogen-bond acceptors (Lipinski definition) is 6. The maximum absolute atomic E-state index is 12.4. The predicted octanol–water partition coefficient (Wildman–Crippen LogP) is 6.85. The summed E-state index contributed by atoms with van der Waals surface area (Å²) >= 11 is 0. The molecule has 206 valence electrons. The molecule has 2 atom stereocenters. The van der Waals surface area contributed by atoms with Crippen molar-refractivity contribution in [2.75, 3.05) is 20.8 Å². The molecule has 0 amide bonds. The van der Waals surface area contributed by atoms with Gasteiger partial charge in [0.2, 0.25) is 0 Å². The minimum atomic E-state index is -0.893. The lowest BCUT2D eigenvalue weighted by atomic mass is 10.0. The number of carbonyl (C=O) groups excluding carboxylic acids is 1. The van der Waals surface area contributed by atoms with E-state index >= 15 is 0 Å². The smallest absolute Gasteiger partial charge is 0.331 e. The number of benzene rings is 1. The van der Waals surface area contributed by atoms with E-state index in [4.69, 9.17) is 14.2 Å². The van der Waals surface area contributed by atoms with Crippen molar-refractivity contribution in [1.82, 2.24) is 0 Å². The van der Waals surface area contributed by atoms with Crippen LogP contribution in [0.5, 0.6) is 11.5 Å². The molecule has 2 N–H and O–H groups in total. The van der Waals surface area contributed by atoms with Crippen LogP contribution in [0.15, 0.2) is 24.3 Å². The van der Waals surface area contributed by atoms with Crippen LogP contribution in [0.25, 0.3) is 6.08 Å². The lowest BCUT2D eigenvalue weighted by Crippen LogP contribution is -2.25. The Morgan fingerprint density at radius 3 is 2.00 bits per heavy atom. The minimum Gasteiger partial charge on any atom is -0.497 e. The van der Waals surface area contributed by atoms with Crippen molar-refractivity contribution in [2.24, 2.45) is 0 Å². The molecule has 1 rings (SSSR count). The second kappa shape index (κ2) is 21.1. The summed E-state index contributed by atoms with van der Waals surface area (Å²) in [5.74, 6) is 0.790. The van der Waals surface area contributed by atoms with Crippen LogP contribution in [0.1, 0.15) is 109 Å². The Bertz CT molecular complexity index is 717. The summed E-state index contributed by atoms with van der Waals surface area (Å²) in [6.07, 6.45) is 19.2. The molecule has 6 nitrogen and oxygen atoms in total. The quantitative estimate of drug-likeness (QED) is 0.102. The number of aliphatic hydroxyl groups excluding tert-OH is 2. The summed E-state index contributed by atoms with van der Waals surface area (Å²) in [6.45, 7) is 1.91. The summed E-state index contributed by atoms with van der Waals surface area (Å²) in [5.41, 5.74) is 0.735. The SMILES string of the molecule is CCCCCCCCCCCCCCCC(CC(O)CO)OC(=O)C=Cc1ccc(OC)cc1OC. The summed E-state index contributed by atoms with van der Waals surface area (Å²) in [4.78, 5) is 12.4. The van der Waals surface area contributed by atoms with E-state index in [1.807, 2.05) is 6.07 Å². The molecular formula is C30H50O6. The van der Waals surface area contributed by atoms with Gasteiger partial charge in [0, 0.05) is 24.1 Å². The van der Waals surface area contributed by atoms with Crippen molar-refractivity contribution >= 4 is 12.0 Å². The molecule has 0 heterocycles. The first kappa shape index (κ1) is 32.0. The molecule has 0 aliphatic rings. The van der Waals surface area contributed by atoms with Crippen molar-refractivity contribution in [3.8, 4) is 11.5 Å². The van der Waals surface area contributed by atoms with Gasteiger partial charge in [0.1, 0.15) is 17.6 Å². The Labute approximate surface area is 219 Å². The molecule has 0 bridgehead atoms. The maximum atomic E-state index is 12.4. The average Bonchev–Trinajstić information content (AvgIpc) is 2.89. The molecule has 0 saturated carbocycles. The minimum absolute atomic E-state index is 0.236. The van der Waals surface area contributed by atoms with Gasteiger partial charge >= 0.3 is 5.97 Å². The number of carbonyl (C=O) groups is 1. The molecular weight excluding hydrogens is 456 g/mol. The Hall–Kier alpha value is -2.05. The van der Waals surface area contributed by atoms with Crippen LogP contribution >= 0.6 is 0 Å². The summed E-state index contributed by atoms with van der Waals surface area (Å²) < 4.78 is 16.2. The molecule has 0 aromatic heterocycles. The van der Waals surface area contributed by atoms with Gasteiger partial charge in [-0.2, -0.15) is 0 Å². The molecule has 0 fully saturated rings. The van der Waals surface area contributed by atoms with Gasteiger partial charge in [-0.25, -0.2) is 4.79 Å². The number of rotatable bonds is 22. The highest BCUT2D eigenvalue weighted by Crippen LogP contribution is 2.25. The molecule has 0 aliphatic heterocycles. The van der Waals surface area contributed by atoms with Crippen LogP contribution in [-0.4, -0.2) is 49.2 Å². The molecule has 1 aromatic rings. The zero-order valence-electron chi connectivity index (χ0n) is 22.9. The zero-order valence-corrected chi connectivity index (χ0v) is 22.9. The van der Waals surface area contributed by atoms with Gasteiger partial charge in [-0.3, -0.25) is 0 Å². The first-order valence-electron chi connectivity index (χ1n) is 13.9. The van der Waals surface area contributed by atoms with Crippen LogP contribution in [-0.2, 0) is 9.53 Å². The molecule has 6 heteroatoms. The Balaban J connectivity index is 2.34. The molecule has 0 saturated heterocycles. The molecule has 0 spiro atoms. The van der Waals surface area contributed by atoms with Crippen molar-refractivity contribution in [1.29, 1.82) is 0 Å². The number of esters is 1.